The zero-order valence-corrected chi connectivity index (χ0v) is 10.7. The molecule has 1 aromatic rings. The molecule has 0 N–H and O–H groups in total. The van der Waals surface area contributed by atoms with E-state index >= 15 is 0 Å². The van der Waals surface area contributed by atoms with Gasteiger partial charge in [0.1, 0.15) is 5.78 Å². The Morgan fingerprint density at radius 3 is 2.71 bits per heavy atom. The maximum absolute atomic E-state index is 11.8. The Kier molecular flexibility index (Phi) is 4.36. The van der Waals surface area contributed by atoms with E-state index in [0.29, 0.717) is 11.7 Å². The molecule has 0 heterocycles. The number of hydrogen-bond donors (Lipinski definition) is 0. The molecule has 92 valence electrons. The third-order valence-electron chi connectivity index (χ3n) is 3.89. The summed E-state index contributed by atoms with van der Waals surface area (Å²) in [4.78, 5) is 11.8. The van der Waals surface area contributed by atoms with Gasteiger partial charge in [0.25, 0.3) is 0 Å². The smallest absolute Gasteiger partial charge is 0.135 e. The summed E-state index contributed by atoms with van der Waals surface area (Å²) in [6.07, 6.45) is 6.61. The van der Waals surface area contributed by atoms with Crippen molar-refractivity contribution in [1.29, 1.82) is 0 Å². The fourth-order valence-corrected chi connectivity index (χ4v) is 2.86. The fraction of sp³-hybridized carbons (Fsp3) is 0.562. The normalized spacial score (nSPS) is 26.3. The molecule has 2 atom stereocenters. The number of rotatable bonds is 2. The van der Waals surface area contributed by atoms with Crippen LogP contribution in [0.1, 0.15) is 44.6 Å². The molecule has 0 bridgehead atoms. The predicted octanol–water partition coefficient (Wildman–Crippen LogP) is 4.01. The van der Waals surface area contributed by atoms with Crippen LogP contribution in [0.25, 0.3) is 0 Å². The van der Waals surface area contributed by atoms with Crippen molar-refractivity contribution >= 4 is 5.78 Å². The van der Waals surface area contributed by atoms with Crippen LogP contribution in [0.3, 0.4) is 0 Å². The van der Waals surface area contributed by atoms with Crippen LogP contribution < -0.4 is 0 Å². The molecular weight excluding hydrogens is 208 g/mol. The number of benzene rings is 1. The third kappa shape index (κ3) is 3.69. The first-order valence-electron chi connectivity index (χ1n) is 6.82. The summed E-state index contributed by atoms with van der Waals surface area (Å²) >= 11 is 0. The van der Waals surface area contributed by atoms with Crippen molar-refractivity contribution in [1.82, 2.24) is 0 Å². The van der Waals surface area contributed by atoms with Gasteiger partial charge in [-0.1, -0.05) is 50.1 Å². The van der Waals surface area contributed by atoms with Gasteiger partial charge in [0.05, 0.1) is 0 Å². The number of carbonyl (C=O) groups excluding carboxylic acids is 1. The molecule has 1 aliphatic rings. The average Bonchev–Trinajstić information content (AvgIpc) is 2.33. The first kappa shape index (κ1) is 12.3. The predicted molar refractivity (Wildman–Crippen MR) is 70.9 cm³/mol. The minimum atomic E-state index is 0.268. The molecule has 1 saturated carbocycles. The first-order valence-corrected chi connectivity index (χ1v) is 6.82. The van der Waals surface area contributed by atoms with Crippen LogP contribution in [0, 0.1) is 11.8 Å². The zero-order valence-electron chi connectivity index (χ0n) is 10.7. The Bertz CT molecular complexity index is 355. The molecule has 2 unspecified atom stereocenters. The van der Waals surface area contributed by atoms with E-state index in [9.17, 15) is 4.79 Å². The minimum absolute atomic E-state index is 0.268. The molecule has 0 saturated heterocycles. The van der Waals surface area contributed by atoms with Crippen LogP contribution in [-0.4, -0.2) is 5.78 Å². The summed E-state index contributed by atoms with van der Waals surface area (Å²) in [7, 11) is 0. The van der Waals surface area contributed by atoms with Crippen LogP contribution in [0.4, 0.5) is 0 Å². The molecular formula is C16H22O. The van der Waals surface area contributed by atoms with Gasteiger partial charge in [0.2, 0.25) is 0 Å². The van der Waals surface area contributed by atoms with E-state index in [4.69, 9.17) is 0 Å². The van der Waals surface area contributed by atoms with Crippen LogP contribution >= 0.6 is 0 Å². The van der Waals surface area contributed by atoms with E-state index in [2.05, 4.69) is 37.3 Å². The highest BCUT2D eigenvalue weighted by Crippen LogP contribution is 2.27. The third-order valence-corrected chi connectivity index (χ3v) is 3.89. The van der Waals surface area contributed by atoms with Crippen LogP contribution in [0.5, 0.6) is 0 Å². The Morgan fingerprint density at radius 2 is 1.94 bits per heavy atom. The van der Waals surface area contributed by atoms with Gasteiger partial charge in [-0.2, -0.15) is 0 Å². The Hall–Kier alpha value is -1.11. The van der Waals surface area contributed by atoms with Crippen LogP contribution in [0.15, 0.2) is 30.3 Å². The summed E-state index contributed by atoms with van der Waals surface area (Å²) in [6, 6.07) is 10.7. The van der Waals surface area contributed by atoms with Crippen LogP contribution in [0.2, 0.25) is 0 Å². The molecule has 0 spiro atoms. The largest absolute Gasteiger partial charge is 0.299 e. The molecule has 1 aliphatic carbocycles. The van der Waals surface area contributed by atoms with Crippen molar-refractivity contribution in [2.45, 2.75) is 45.4 Å². The highest BCUT2D eigenvalue weighted by molar-refractivity contribution is 5.80. The van der Waals surface area contributed by atoms with Gasteiger partial charge in [-0.15, -0.1) is 0 Å². The topological polar surface area (TPSA) is 17.1 Å². The fourth-order valence-electron chi connectivity index (χ4n) is 2.86. The van der Waals surface area contributed by atoms with E-state index in [0.717, 1.165) is 25.7 Å². The highest BCUT2D eigenvalue weighted by Gasteiger charge is 2.21. The molecule has 0 radical (unpaired) electrons. The molecule has 17 heavy (non-hydrogen) atoms. The Morgan fingerprint density at radius 1 is 1.18 bits per heavy atom. The van der Waals surface area contributed by atoms with Gasteiger partial charge in [-0.3, -0.25) is 4.79 Å². The molecule has 0 aromatic heterocycles. The summed E-state index contributed by atoms with van der Waals surface area (Å²) in [5.74, 6) is 1.43. The average molecular weight is 230 g/mol. The quantitative estimate of drug-likeness (QED) is 0.750. The molecule has 1 heteroatoms. The standard InChI is InChI=1S/C16H22O/c1-13-11-15(9-5-6-10-16(13)17)12-14-7-3-2-4-8-14/h2-4,7-8,13,15H,5-6,9-12H2,1H3. The van der Waals surface area contributed by atoms with Gasteiger partial charge in [0.15, 0.2) is 0 Å². The lowest BCUT2D eigenvalue weighted by Crippen LogP contribution is -2.19. The molecule has 1 fully saturated rings. The second-order valence-corrected chi connectivity index (χ2v) is 5.40. The second kappa shape index (κ2) is 6.00. The molecule has 0 amide bonds. The van der Waals surface area contributed by atoms with Crippen molar-refractivity contribution in [2.24, 2.45) is 11.8 Å². The second-order valence-electron chi connectivity index (χ2n) is 5.40. The van der Waals surface area contributed by atoms with Gasteiger partial charge < -0.3 is 0 Å². The van der Waals surface area contributed by atoms with Crippen molar-refractivity contribution in [3.63, 3.8) is 0 Å². The lowest BCUT2D eigenvalue weighted by Gasteiger charge is -2.23. The first-order chi connectivity index (χ1) is 8.25. The monoisotopic (exact) mass is 230 g/mol. The number of carbonyl (C=O) groups is 1. The van der Waals surface area contributed by atoms with Crippen molar-refractivity contribution < 1.29 is 4.79 Å². The van der Waals surface area contributed by atoms with E-state index < -0.39 is 0 Å². The lowest BCUT2D eigenvalue weighted by atomic mass is 9.81. The summed E-state index contributed by atoms with van der Waals surface area (Å²) < 4.78 is 0. The van der Waals surface area contributed by atoms with Gasteiger partial charge in [-0.25, -0.2) is 0 Å². The molecule has 1 aromatic carbocycles. The van der Waals surface area contributed by atoms with E-state index in [1.807, 2.05) is 0 Å². The number of hydrogen-bond acceptors (Lipinski definition) is 1. The molecule has 1 nitrogen and oxygen atoms in total. The van der Waals surface area contributed by atoms with Gasteiger partial charge in [0, 0.05) is 12.3 Å². The van der Waals surface area contributed by atoms with E-state index in [1.54, 1.807) is 0 Å². The maximum atomic E-state index is 11.8. The zero-order chi connectivity index (χ0) is 12.1. The van der Waals surface area contributed by atoms with E-state index in [-0.39, 0.29) is 5.92 Å². The number of Topliss-reactive ketones (excluding diaryl/α,β-unsaturated/α-hetero) is 1. The summed E-state index contributed by atoms with van der Waals surface area (Å²) in [6.45, 7) is 2.10. The SMILES string of the molecule is CC1CC(Cc2ccccc2)CCCCC1=O. The minimum Gasteiger partial charge on any atom is -0.299 e. The molecule has 0 aliphatic heterocycles. The summed E-state index contributed by atoms with van der Waals surface area (Å²) in [5, 5.41) is 0. The van der Waals surface area contributed by atoms with Gasteiger partial charge >= 0.3 is 0 Å². The van der Waals surface area contributed by atoms with Crippen molar-refractivity contribution in [3.05, 3.63) is 35.9 Å². The highest BCUT2D eigenvalue weighted by atomic mass is 16.1. The Labute approximate surface area is 104 Å². The lowest BCUT2D eigenvalue weighted by molar-refractivity contribution is -0.123. The maximum Gasteiger partial charge on any atom is 0.135 e. The van der Waals surface area contributed by atoms with E-state index in [1.165, 1.54) is 18.4 Å². The molecule has 2 rings (SSSR count). The van der Waals surface area contributed by atoms with Crippen molar-refractivity contribution in [3.8, 4) is 0 Å². The van der Waals surface area contributed by atoms with Gasteiger partial charge in [-0.05, 0) is 30.7 Å². The Balaban J connectivity index is 1.97. The van der Waals surface area contributed by atoms with Crippen molar-refractivity contribution in [2.75, 3.05) is 0 Å². The van der Waals surface area contributed by atoms with Crippen LogP contribution in [-0.2, 0) is 11.2 Å². The summed E-state index contributed by atoms with van der Waals surface area (Å²) in [5.41, 5.74) is 1.41. The number of ketones is 1.